The van der Waals surface area contributed by atoms with Gasteiger partial charge < -0.3 is 0 Å². The summed E-state index contributed by atoms with van der Waals surface area (Å²) in [5, 5.41) is 0.710. The van der Waals surface area contributed by atoms with Gasteiger partial charge in [-0.05, 0) is 42.5 Å². The molecule has 3 aromatic rings. The van der Waals surface area contributed by atoms with Crippen molar-refractivity contribution in [2.24, 2.45) is 0 Å². The molecule has 1 N–H and O–H groups in total. The Balaban J connectivity index is 1.95. The van der Waals surface area contributed by atoms with Gasteiger partial charge in [-0.2, -0.15) is 13.2 Å². The number of anilines is 1. The number of fused-ring (bicyclic) bond motifs is 1. The summed E-state index contributed by atoms with van der Waals surface area (Å²) in [6.45, 7) is 0. The summed E-state index contributed by atoms with van der Waals surface area (Å²) in [5.41, 5.74) is -0.0967. The molecule has 0 saturated heterocycles. The molecule has 0 spiro atoms. The third kappa shape index (κ3) is 3.33. The van der Waals surface area contributed by atoms with Crippen molar-refractivity contribution in [2.45, 2.75) is 11.1 Å². The number of alkyl halides is 3. The second kappa shape index (κ2) is 5.79. The van der Waals surface area contributed by atoms with Gasteiger partial charge in [0.1, 0.15) is 0 Å². The third-order valence-corrected chi connectivity index (χ3v) is 4.71. The maximum atomic E-state index is 12.7. The van der Waals surface area contributed by atoms with Crippen LogP contribution in [0.1, 0.15) is 5.56 Å². The zero-order chi connectivity index (χ0) is 17.4. The van der Waals surface area contributed by atoms with E-state index in [4.69, 9.17) is 0 Å². The van der Waals surface area contributed by atoms with Crippen molar-refractivity contribution in [1.82, 2.24) is 4.98 Å². The molecule has 1 aromatic heterocycles. The second-order valence-electron chi connectivity index (χ2n) is 5.04. The Hall–Kier alpha value is -2.61. The fourth-order valence-corrected chi connectivity index (χ4v) is 3.29. The number of sulfonamides is 1. The molecular formula is C16H11F3N2O2S. The fraction of sp³-hybridized carbons (Fsp3) is 0.0625. The molecule has 8 heteroatoms. The number of nitrogens with one attached hydrogen (secondary N) is 1. The molecule has 0 amide bonds. The first-order valence-electron chi connectivity index (χ1n) is 6.81. The normalized spacial score (nSPS) is 12.3. The summed E-state index contributed by atoms with van der Waals surface area (Å²) in [6.07, 6.45) is -3.00. The summed E-state index contributed by atoms with van der Waals surface area (Å²) in [6, 6.07) is 11.7. The number of rotatable bonds is 3. The Labute approximate surface area is 136 Å². The summed E-state index contributed by atoms with van der Waals surface area (Å²) in [5.74, 6) is 0. The summed E-state index contributed by atoms with van der Waals surface area (Å²) >= 11 is 0. The first-order valence-corrected chi connectivity index (χ1v) is 8.29. The van der Waals surface area contributed by atoms with E-state index in [1.807, 2.05) is 0 Å². The van der Waals surface area contributed by atoms with E-state index >= 15 is 0 Å². The predicted molar refractivity (Wildman–Crippen MR) is 84.0 cm³/mol. The first kappa shape index (κ1) is 16.3. The number of aromatic nitrogens is 1. The monoisotopic (exact) mass is 352 g/mol. The highest BCUT2D eigenvalue weighted by atomic mass is 32.2. The SMILES string of the molecule is O=S(=O)(Nc1ccc2ncccc2c1)c1cccc(C(F)(F)F)c1. The van der Waals surface area contributed by atoms with Gasteiger partial charge >= 0.3 is 6.18 Å². The van der Waals surface area contributed by atoms with Gasteiger partial charge in [0.15, 0.2) is 0 Å². The van der Waals surface area contributed by atoms with Gasteiger partial charge in [0.05, 0.1) is 16.0 Å². The highest BCUT2D eigenvalue weighted by Crippen LogP contribution is 2.31. The quantitative estimate of drug-likeness (QED) is 0.773. The van der Waals surface area contributed by atoms with Crippen molar-refractivity contribution in [2.75, 3.05) is 4.72 Å². The van der Waals surface area contributed by atoms with E-state index in [-0.39, 0.29) is 5.69 Å². The van der Waals surface area contributed by atoms with E-state index < -0.39 is 26.7 Å². The maximum Gasteiger partial charge on any atom is 0.416 e. The molecule has 0 bridgehead atoms. The topological polar surface area (TPSA) is 59.1 Å². The van der Waals surface area contributed by atoms with E-state index in [1.165, 1.54) is 6.07 Å². The Kier molecular flexibility index (Phi) is 3.92. The van der Waals surface area contributed by atoms with Crippen LogP contribution in [0, 0.1) is 0 Å². The van der Waals surface area contributed by atoms with E-state index in [0.29, 0.717) is 17.0 Å². The van der Waals surface area contributed by atoms with Crippen LogP contribution >= 0.6 is 0 Å². The van der Waals surface area contributed by atoms with E-state index in [1.54, 1.807) is 30.5 Å². The van der Waals surface area contributed by atoms with Gasteiger partial charge in [0, 0.05) is 17.3 Å². The Morgan fingerprint density at radius 2 is 1.75 bits per heavy atom. The van der Waals surface area contributed by atoms with Crippen LogP contribution in [0.4, 0.5) is 18.9 Å². The Bertz CT molecular complexity index is 1000. The van der Waals surface area contributed by atoms with Crippen LogP contribution in [0.3, 0.4) is 0 Å². The Morgan fingerprint density at radius 1 is 0.958 bits per heavy atom. The molecule has 24 heavy (non-hydrogen) atoms. The minimum absolute atomic E-state index is 0.243. The third-order valence-electron chi connectivity index (χ3n) is 3.33. The van der Waals surface area contributed by atoms with Gasteiger partial charge in [0.2, 0.25) is 0 Å². The van der Waals surface area contributed by atoms with Crippen LogP contribution in [0.15, 0.2) is 65.7 Å². The fourth-order valence-electron chi connectivity index (χ4n) is 2.19. The number of nitrogens with zero attached hydrogens (tertiary/aromatic N) is 1. The average Bonchev–Trinajstić information content (AvgIpc) is 2.54. The number of halogens is 3. The van der Waals surface area contributed by atoms with E-state index in [2.05, 4.69) is 9.71 Å². The molecule has 0 aliphatic rings. The van der Waals surface area contributed by atoms with Crippen LogP contribution in [-0.2, 0) is 16.2 Å². The smallest absolute Gasteiger partial charge is 0.280 e. The number of hydrogen-bond donors (Lipinski definition) is 1. The second-order valence-corrected chi connectivity index (χ2v) is 6.72. The van der Waals surface area contributed by atoms with E-state index in [0.717, 1.165) is 18.2 Å². The molecule has 3 rings (SSSR count). The molecule has 1 heterocycles. The van der Waals surface area contributed by atoms with Crippen molar-refractivity contribution in [1.29, 1.82) is 0 Å². The largest absolute Gasteiger partial charge is 0.416 e. The number of hydrogen-bond acceptors (Lipinski definition) is 3. The maximum absolute atomic E-state index is 12.7. The van der Waals surface area contributed by atoms with Crippen LogP contribution in [-0.4, -0.2) is 13.4 Å². The lowest BCUT2D eigenvalue weighted by atomic mass is 10.2. The van der Waals surface area contributed by atoms with Crippen molar-refractivity contribution in [3.8, 4) is 0 Å². The molecule has 124 valence electrons. The molecule has 0 atom stereocenters. The Morgan fingerprint density at radius 3 is 2.50 bits per heavy atom. The van der Waals surface area contributed by atoms with Crippen LogP contribution in [0.25, 0.3) is 10.9 Å². The number of pyridine rings is 1. The molecular weight excluding hydrogens is 341 g/mol. The molecule has 0 unspecified atom stereocenters. The lowest BCUT2D eigenvalue weighted by molar-refractivity contribution is -0.137. The lowest BCUT2D eigenvalue weighted by Crippen LogP contribution is -2.14. The minimum Gasteiger partial charge on any atom is -0.280 e. The van der Waals surface area contributed by atoms with Crippen LogP contribution in [0.5, 0.6) is 0 Å². The van der Waals surface area contributed by atoms with Gasteiger partial charge in [-0.25, -0.2) is 8.42 Å². The standard InChI is InChI=1S/C16H11F3N2O2S/c17-16(18,19)12-4-1-5-14(10-12)24(22,23)21-13-6-7-15-11(9-13)3-2-8-20-15/h1-10,21H. The minimum atomic E-state index is -4.61. The highest BCUT2D eigenvalue weighted by Gasteiger charge is 2.31. The number of benzene rings is 2. The zero-order valence-electron chi connectivity index (χ0n) is 12.1. The molecule has 0 aliphatic carbocycles. The van der Waals surface area contributed by atoms with Crippen molar-refractivity contribution in [3.63, 3.8) is 0 Å². The van der Waals surface area contributed by atoms with Gasteiger partial charge in [0.25, 0.3) is 10.0 Å². The highest BCUT2D eigenvalue weighted by molar-refractivity contribution is 7.92. The molecule has 0 fully saturated rings. The van der Waals surface area contributed by atoms with Crippen molar-refractivity contribution in [3.05, 3.63) is 66.4 Å². The van der Waals surface area contributed by atoms with Crippen molar-refractivity contribution < 1.29 is 21.6 Å². The average molecular weight is 352 g/mol. The summed E-state index contributed by atoms with van der Waals surface area (Å²) in [4.78, 5) is 3.66. The molecule has 0 saturated carbocycles. The van der Waals surface area contributed by atoms with Gasteiger partial charge in [-0.3, -0.25) is 9.71 Å². The van der Waals surface area contributed by atoms with Crippen molar-refractivity contribution >= 4 is 26.6 Å². The molecule has 0 radical (unpaired) electrons. The van der Waals surface area contributed by atoms with E-state index in [9.17, 15) is 21.6 Å². The molecule has 2 aromatic carbocycles. The van der Waals surface area contributed by atoms with Gasteiger partial charge in [-0.1, -0.05) is 12.1 Å². The van der Waals surface area contributed by atoms with Crippen LogP contribution < -0.4 is 4.72 Å². The summed E-state index contributed by atoms with van der Waals surface area (Å²) < 4.78 is 65.1. The lowest BCUT2D eigenvalue weighted by Gasteiger charge is -2.11. The summed E-state index contributed by atoms with van der Waals surface area (Å²) in [7, 11) is -4.14. The van der Waals surface area contributed by atoms with Gasteiger partial charge in [-0.15, -0.1) is 0 Å². The molecule has 0 aliphatic heterocycles. The van der Waals surface area contributed by atoms with Crippen LogP contribution in [0.2, 0.25) is 0 Å². The molecule has 4 nitrogen and oxygen atoms in total. The zero-order valence-corrected chi connectivity index (χ0v) is 12.9. The first-order chi connectivity index (χ1) is 11.3. The predicted octanol–water partition coefficient (Wildman–Crippen LogP) is 4.05.